The highest BCUT2D eigenvalue weighted by Crippen LogP contribution is 2.11. The van der Waals surface area contributed by atoms with Crippen LogP contribution in [0.4, 0.5) is 4.39 Å². The van der Waals surface area contributed by atoms with Gasteiger partial charge in [0, 0.05) is 5.56 Å². The van der Waals surface area contributed by atoms with Gasteiger partial charge in [0.15, 0.2) is 18.2 Å². The second-order valence-corrected chi connectivity index (χ2v) is 3.78. The molecular formula is C12H11FN2O3. The molecule has 0 aliphatic carbocycles. The van der Waals surface area contributed by atoms with E-state index >= 15 is 0 Å². The van der Waals surface area contributed by atoms with E-state index in [-0.39, 0.29) is 24.3 Å². The van der Waals surface area contributed by atoms with Crippen LogP contribution in [0, 0.1) is 19.7 Å². The fourth-order valence-electron chi connectivity index (χ4n) is 1.37. The Morgan fingerprint density at radius 2 is 2.22 bits per heavy atom. The maximum Gasteiger partial charge on any atom is 0.417 e. The first-order valence-corrected chi connectivity index (χ1v) is 5.29. The molecule has 0 radical (unpaired) electrons. The van der Waals surface area contributed by atoms with Crippen LogP contribution in [0.25, 0.3) is 0 Å². The van der Waals surface area contributed by atoms with Crippen LogP contribution in [0.15, 0.2) is 22.7 Å². The lowest BCUT2D eigenvalue weighted by atomic mass is 10.1. The molecular weight excluding hydrogens is 239 g/mol. The monoisotopic (exact) mass is 250 g/mol. The van der Waals surface area contributed by atoms with Gasteiger partial charge in [-0.05, 0) is 37.6 Å². The van der Waals surface area contributed by atoms with Gasteiger partial charge >= 0.3 is 6.08 Å². The molecule has 2 aromatic rings. The SMILES string of the molecule is Cc1noc(OCC(=O)c2ccc(F)c(C)c2)n1. The highest BCUT2D eigenvalue weighted by Gasteiger charge is 2.11. The molecule has 6 heteroatoms. The Kier molecular flexibility index (Phi) is 3.36. The summed E-state index contributed by atoms with van der Waals surface area (Å²) in [6.45, 7) is 3.00. The molecule has 2 rings (SSSR count). The van der Waals surface area contributed by atoms with Gasteiger partial charge in [0.25, 0.3) is 0 Å². The molecule has 0 N–H and O–H groups in total. The van der Waals surface area contributed by atoms with Crippen molar-refractivity contribution in [1.82, 2.24) is 10.1 Å². The maximum atomic E-state index is 13.0. The summed E-state index contributed by atoms with van der Waals surface area (Å²) in [5, 5.41) is 3.52. The van der Waals surface area contributed by atoms with Crippen LogP contribution >= 0.6 is 0 Å². The van der Waals surface area contributed by atoms with Crippen molar-refractivity contribution in [1.29, 1.82) is 0 Å². The molecule has 1 aromatic carbocycles. The Balaban J connectivity index is 2.01. The number of carbonyl (C=O) groups excluding carboxylic acids is 1. The Hall–Kier alpha value is -2.24. The fourth-order valence-corrected chi connectivity index (χ4v) is 1.37. The van der Waals surface area contributed by atoms with Gasteiger partial charge in [0.1, 0.15) is 5.82 Å². The molecule has 5 nitrogen and oxygen atoms in total. The lowest BCUT2D eigenvalue weighted by Crippen LogP contribution is -2.12. The maximum absolute atomic E-state index is 13.0. The van der Waals surface area contributed by atoms with Crippen molar-refractivity contribution in [3.05, 3.63) is 41.0 Å². The summed E-state index contributed by atoms with van der Waals surface area (Å²) in [6.07, 6.45) is -0.0558. The molecule has 0 saturated carbocycles. The number of Topliss-reactive ketones (excluding diaryl/α,β-unsaturated/α-hetero) is 1. The van der Waals surface area contributed by atoms with Crippen LogP contribution in [0.2, 0.25) is 0 Å². The predicted octanol–water partition coefficient (Wildman–Crippen LogP) is 2.09. The molecule has 1 heterocycles. The van der Waals surface area contributed by atoms with Gasteiger partial charge in [0.05, 0.1) is 0 Å². The fraction of sp³-hybridized carbons (Fsp3) is 0.250. The summed E-state index contributed by atoms with van der Waals surface area (Å²) < 4.78 is 22.8. The number of ether oxygens (including phenoxy) is 1. The van der Waals surface area contributed by atoms with E-state index in [9.17, 15) is 9.18 Å². The van der Waals surface area contributed by atoms with Gasteiger partial charge < -0.3 is 4.74 Å². The minimum Gasteiger partial charge on any atom is -0.440 e. The molecule has 0 aliphatic heterocycles. The smallest absolute Gasteiger partial charge is 0.417 e. The Bertz CT molecular complexity index is 580. The zero-order chi connectivity index (χ0) is 13.1. The quantitative estimate of drug-likeness (QED) is 0.777. The second kappa shape index (κ2) is 4.95. The van der Waals surface area contributed by atoms with Crippen LogP contribution in [-0.2, 0) is 0 Å². The first-order chi connectivity index (χ1) is 8.56. The van der Waals surface area contributed by atoms with E-state index in [4.69, 9.17) is 9.26 Å². The second-order valence-electron chi connectivity index (χ2n) is 3.78. The normalized spacial score (nSPS) is 10.4. The standard InChI is InChI=1S/C12H11FN2O3/c1-7-5-9(3-4-10(7)13)11(16)6-17-12-14-8(2)15-18-12/h3-5H,6H2,1-2H3. The van der Waals surface area contributed by atoms with E-state index in [2.05, 4.69) is 10.1 Å². The van der Waals surface area contributed by atoms with E-state index < -0.39 is 0 Å². The highest BCUT2D eigenvalue weighted by molar-refractivity contribution is 5.97. The minimum absolute atomic E-state index is 0.0558. The molecule has 0 spiro atoms. The van der Waals surface area contributed by atoms with Crippen molar-refractivity contribution < 1.29 is 18.4 Å². The van der Waals surface area contributed by atoms with Crippen LogP contribution in [0.5, 0.6) is 6.08 Å². The molecule has 0 unspecified atom stereocenters. The number of nitrogens with zero attached hydrogens (tertiary/aromatic N) is 2. The summed E-state index contributed by atoms with van der Waals surface area (Å²) >= 11 is 0. The van der Waals surface area contributed by atoms with Crippen LogP contribution in [-0.4, -0.2) is 22.5 Å². The van der Waals surface area contributed by atoms with Gasteiger partial charge in [-0.1, -0.05) is 5.16 Å². The van der Waals surface area contributed by atoms with Crippen molar-refractivity contribution in [2.45, 2.75) is 13.8 Å². The number of aryl methyl sites for hydroxylation is 2. The molecule has 0 fully saturated rings. The van der Waals surface area contributed by atoms with E-state index in [0.29, 0.717) is 17.0 Å². The van der Waals surface area contributed by atoms with E-state index in [0.717, 1.165) is 0 Å². The Morgan fingerprint density at radius 3 is 2.83 bits per heavy atom. The minimum atomic E-state index is -0.347. The summed E-state index contributed by atoms with van der Waals surface area (Å²) in [5.74, 6) is -0.205. The number of hydrogen-bond acceptors (Lipinski definition) is 5. The molecule has 0 atom stereocenters. The van der Waals surface area contributed by atoms with E-state index in [1.54, 1.807) is 13.8 Å². The Morgan fingerprint density at radius 1 is 1.44 bits per heavy atom. The molecule has 18 heavy (non-hydrogen) atoms. The first-order valence-electron chi connectivity index (χ1n) is 5.29. The third-order valence-corrected chi connectivity index (χ3v) is 2.32. The largest absolute Gasteiger partial charge is 0.440 e. The van der Waals surface area contributed by atoms with Gasteiger partial charge in [0.2, 0.25) is 0 Å². The van der Waals surface area contributed by atoms with Crippen molar-refractivity contribution in [2.24, 2.45) is 0 Å². The van der Waals surface area contributed by atoms with Crippen LogP contribution in [0.1, 0.15) is 21.7 Å². The summed E-state index contributed by atoms with van der Waals surface area (Å²) in [6, 6.07) is 4.13. The number of carbonyl (C=O) groups is 1. The average molecular weight is 250 g/mol. The summed E-state index contributed by atoms with van der Waals surface area (Å²) in [4.78, 5) is 15.5. The van der Waals surface area contributed by atoms with E-state index in [1.165, 1.54) is 18.2 Å². The molecule has 0 saturated heterocycles. The first kappa shape index (κ1) is 12.2. The number of rotatable bonds is 4. The van der Waals surface area contributed by atoms with Crippen molar-refractivity contribution in [3.8, 4) is 6.08 Å². The lowest BCUT2D eigenvalue weighted by Gasteiger charge is -2.02. The predicted molar refractivity (Wildman–Crippen MR) is 60.0 cm³/mol. The number of hydrogen-bond donors (Lipinski definition) is 0. The number of halogens is 1. The topological polar surface area (TPSA) is 65.2 Å². The number of aromatic nitrogens is 2. The van der Waals surface area contributed by atoms with E-state index in [1.807, 2.05) is 0 Å². The summed E-state index contributed by atoms with van der Waals surface area (Å²) in [7, 11) is 0. The lowest BCUT2D eigenvalue weighted by molar-refractivity contribution is 0.0884. The van der Waals surface area contributed by atoms with Gasteiger partial charge in [-0.2, -0.15) is 4.98 Å². The number of benzene rings is 1. The summed E-state index contributed by atoms with van der Waals surface area (Å²) in [5.41, 5.74) is 0.791. The van der Waals surface area contributed by atoms with Crippen molar-refractivity contribution >= 4 is 5.78 Å². The highest BCUT2D eigenvalue weighted by atomic mass is 19.1. The zero-order valence-corrected chi connectivity index (χ0v) is 9.94. The van der Waals surface area contributed by atoms with Crippen molar-refractivity contribution in [3.63, 3.8) is 0 Å². The molecule has 0 amide bonds. The van der Waals surface area contributed by atoms with Crippen LogP contribution in [0.3, 0.4) is 0 Å². The molecule has 0 aliphatic rings. The zero-order valence-electron chi connectivity index (χ0n) is 9.94. The Labute approximate surface area is 103 Å². The third kappa shape index (κ3) is 2.71. The molecule has 1 aromatic heterocycles. The molecule has 0 bridgehead atoms. The van der Waals surface area contributed by atoms with Gasteiger partial charge in [-0.3, -0.25) is 9.32 Å². The van der Waals surface area contributed by atoms with Gasteiger partial charge in [-0.25, -0.2) is 4.39 Å². The van der Waals surface area contributed by atoms with Crippen LogP contribution < -0.4 is 4.74 Å². The molecule has 94 valence electrons. The number of ketones is 1. The average Bonchev–Trinajstić information content (AvgIpc) is 2.75. The van der Waals surface area contributed by atoms with Gasteiger partial charge in [-0.15, -0.1) is 0 Å². The third-order valence-electron chi connectivity index (χ3n) is 2.32. The van der Waals surface area contributed by atoms with Crippen molar-refractivity contribution in [2.75, 3.05) is 6.61 Å².